The van der Waals surface area contributed by atoms with Gasteiger partial charge >= 0.3 is 0 Å². The maximum Gasteiger partial charge on any atom is 0.243 e. The monoisotopic (exact) mass is 428 g/mol. The predicted molar refractivity (Wildman–Crippen MR) is 111 cm³/mol. The van der Waals surface area contributed by atoms with E-state index in [1.807, 2.05) is 18.2 Å². The van der Waals surface area contributed by atoms with Gasteiger partial charge in [-0.2, -0.15) is 4.31 Å². The van der Waals surface area contributed by atoms with Gasteiger partial charge < -0.3 is 14.4 Å². The first-order valence-corrected chi connectivity index (χ1v) is 11.8. The molecule has 2 fully saturated rings. The number of hydrogen-bond donors (Lipinski definition) is 0. The Morgan fingerprint density at radius 2 is 1.67 bits per heavy atom. The van der Waals surface area contributed by atoms with Crippen LogP contribution < -0.4 is 14.4 Å². The van der Waals surface area contributed by atoms with Crippen molar-refractivity contribution in [2.45, 2.75) is 36.6 Å². The van der Waals surface area contributed by atoms with Crippen molar-refractivity contribution in [3.63, 3.8) is 0 Å². The number of ether oxygens (including phenoxy) is 2. The Morgan fingerprint density at radius 3 is 2.40 bits per heavy atom. The van der Waals surface area contributed by atoms with Gasteiger partial charge in [0, 0.05) is 25.2 Å². The van der Waals surface area contributed by atoms with Crippen molar-refractivity contribution in [2.75, 3.05) is 31.2 Å². The van der Waals surface area contributed by atoms with Crippen LogP contribution in [0.5, 0.6) is 11.5 Å². The average Bonchev–Trinajstić information content (AvgIpc) is 3.43. The maximum absolute atomic E-state index is 13.4. The second-order valence-corrected chi connectivity index (χ2v) is 9.71. The van der Waals surface area contributed by atoms with Crippen LogP contribution >= 0.6 is 0 Å². The number of fused-ring (bicyclic) bond motifs is 1. The van der Waals surface area contributed by atoms with E-state index in [9.17, 15) is 13.2 Å². The summed E-state index contributed by atoms with van der Waals surface area (Å²) in [6, 6.07) is 12.1. The van der Waals surface area contributed by atoms with Crippen molar-refractivity contribution < 1.29 is 22.7 Å². The normalized spacial score (nSPS) is 21.9. The Hall–Kier alpha value is -2.58. The number of hydrogen-bond acceptors (Lipinski definition) is 5. The summed E-state index contributed by atoms with van der Waals surface area (Å²) in [5.41, 5.74) is 1.67. The molecule has 158 valence electrons. The molecule has 2 aromatic carbocycles. The summed E-state index contributed by atoms with van der Waals surface area (Å²) in [5.74, 6) is 1.45. The molecule has 1 unspecified atom stereocenters. The summed E-state index contributed by atoms with van der Waals surface area (Å²) < 4.78 is 39.6. The molecule has 3 aliphatic rings. The first-order chi connectivity index (χ1) is 14.5. The lowest BCUT2D eigenvalue weighted by atomic mass is 10.0. The van der Waals surface area contributed by atoms with Crippen LogP contribution in [-0.4, -0.2) is 44.9 Å². The molecular formula is C22H24N2O5S. The zero-order chi connectivity index (χ0) is 20.7. The molecule has 0 spiro atoms. The Labute approximate surface area is 176 Å². The highest BCUT2D eigenvalue weighted by molar-refractivity contribution is 7.89. The quantitative estimate of drug-likeness (QED) is 0.748. The van der Waals surface area contributed by atoms with E-state index in [4.69, 9.17) is 9.47 Å². The molecule has 0 saturated carbocycles. The van der Waals surface area contributed by atoms with Crippen LogP contribution in [0.2, 0.25) is 0 Å². The number of carbonyl (C=O) groups is 1. The molecule has 7 nitrogen and oxygen atoms in total. The summed E-state index contributed by atoms with van der Waals surface area (Å²) in [4.78, 5) is 13.9. The van der Waals surface area contributed by atoms with Gasteiger partial charge in [-0.15, -0.1) is 0 Å². The van der Waals surface area contributed by atoms with Crippen molar-refractivity contribution in [3.8, 4) is 11.5 Å². The fraction of sp³-hybridized carbons (Fsp3) is 0.409. The fourth-order valence-corrected chi connectivity index (χ4v) is 6.17. The molecule has 3 aliphatic heterocycles. The van der Waals surface area contributed by atoms with Crippen molar-refractivity contribution in [3.05, 3.63) is 48.0 Å². The van der Waals surface area contributed by atoms with E-state index in [0.29, 0.717) is 44.2 Å². The average molecular weight is 429 g/mol. The highest BCUT2D eigenvalue weighted by atomic mass is 32.2. The first-order valence-electron chi connectivity index (χ1n) is 10.4. The van der Waals surface area contributed by atoms with Crippen LogP contribution in [0.1, 0.15) is 37.3 Å². The lowest BCUT2D eigenvalue weighted by Gasteiger charge is -2.26. The summed E-state index contributed by atoms with van der Waals surface area (Å²) in [6.07, 6.45) is 2.95. The lowest BCUT2D eigenvalue weighted by Crippen LogP contribution is -2.31. The number of rotatable bonds is 4. The third kappa shape index (κ3) is 3.33. The summed E-state index contributed by atoms with van der Waals surface area (Å²) >= 11 is 0. The highest BCUT2D eigenvalue weighted by Crippen LogP contribution is 2.40. The van der Waals surface area contributed by atoms with Gasteiger partial charge in [-0.1, -0.05) is 6.07 Å². The van der Waals surface area contributed by atoms with Crippen LogP contribution in [0.4, 0.5) is 5.69 Å². The summed E-state index contributed by atoms with van der Waals surface area (Å²) in [5, 5.41) is 0. The number of anilines is 1. The molecule has 0 aliphatic carbocycles. The van der Waals surface area contributed by atoms with Crippen LogP contribution in [0.3, 0.4) is 0 Å². The molecule has 3 heterocycles. The van der Waals surface area contributed by atoms with Gasteiger partial charge in [0.15, 0.2) is 11.5 Å². The third-order valence-electron chi connectivity index (χ3n) is 5.98. The van der Waals surface area contributed by atoms with Gasteiger partial charge in [-0.3, -0.25) is 4.79 Å². The largest absolute Gasteiger partial charge is 0.486 e. The number of amides is 1. The van der Waals surface area contributed by atoms with E-state index in [0.717, 1.165) is 30.5 Å². The summed E-state index contributed by atoms with van der Waals surface area (Å²) in [6.45, 7) is 2.18. The molecule has 0 radical (unpaired) electrons. The minimum atomic E-state index is -3.65. The molecule has 5 rings (SSSR count). The molecule has 8 heteroatoms. The molecular weight excluding hydrogens is 404 g/mol. The van der Waals surface area contributed by atoms with Crippen molar-refractivity contribution in [1.29, 1.82) is 0 Å². The first kappa shape index (κ1) is 19.4. The molecule has 2 aromatic rings. The molecule has 1 amide bonds. The standard InChI is InChI=1S/C22H24N2O5S/c25-22-4-2-11-23(22)17-6-8-18(9-7-17)30(26,27)24-12-1-3-19(24)16-5-10-20-21(15-16)29-14-13-28-20/h5-10,15,19H,1-4,11-14H2. The Morgan fingerprint density at radius 1 is 0.900 bits per heavy atom. The van der Waals surface area contributed by atoms with Crippen molar-refractivity contribution in [2.24, 2.45) is 0 Å². The Bertz CT molecular complexity index is 1070. The van der Waals surface area contributed by atoms with E-state index in [2.05, 4.69) is 0 Å². The topological polar surface area (TPSA) is 76.2 Å². The zero-order valence-electron chi connectivity index (χ0n) is 16.6. The van der Waals surface area contributed by atoms with Crippen LogP contribution in [-0.2, 0) is 14.8 Å². The highest BCUT2D eigenvalue weighted by Gasteiger charge is 2.37. The SMILES string of the molecule is O=C1CCCN1c1ccc(S(=O)(=O)N2CCCC2c2ccc3c(c2)OCCO3)cc1. The van der Waals surface area contributed by atoms with Gasteiger partial charge in [-0.05, 0) is 61.2 Å². The predicted octanol–water partition coefficient (Wildman–Crippen LogP) is 3.11. The van der Waals surface area contributed by atoms with E-state index in [-0.39, 0.29) is 16.8 Å². The lowest BCUT2D eigenvalue weighted by molar-refractivity contribution is -0.117. The Balaban J connectivity index is 1.41. The maximum atomic E-state index is 13.4. The zero-order valence-corrected chi connectivity index (χ0v) is 17.4. The van der Waals surface area contributed by atoms with Gasteiger partial charge in [0.2, 0.25) is 15.9 Å². The third-order valence-corrected chi connectivity index (χ3v) is 7.91. The smallest absolute Gasteiger partial charge is 0.243 e. The van der Waals surface area contributed by atoms with E-state index in [1.54, 1.807) is 33.5 Å². The van der Waals surface area contributed by atoms with Crippen LogP contribution in [0.15, 0.2) is 47.4 Å². The molecule has 30 heavy (non-hydrogen) atoms. The fourth-order valence-electron chi connectivity index (χ4n) is 4.48. The second kappa shape index (κ2) is 7.59. The van der Waals surface area contributed by atoms with E-state index in [1.165, 1.54) is 0 Å². The number of benzene rings is 2. The Kier molecular flexibility index (Phi) is 4.91. The minimum Gasteiger partial charge on any atom is -0.486 e. The summed E-state index contributed by atoms with van der Waals surface area (Å²) in [7, 11) is -3.65. The van der Waals surface area contributed by atoms with Crippen LogP contribution in [0.25, 0.3) is 0 Å². The van der Waals surface area contributed by atoms with Crippen molar-refractivity contribution >= 4 is 21.6 Å². The van der Waals surface area contributed by atoms with Gasteiger partial charge in [0.25, 0.3) is 0 Å². The van der Waals surface area contributed by atoms with Crippen molar-refractivity contribution in [1.82, 2.24) is 4.31 Å². The molecule has 2 saturated heterocycles. The molecule has 0 bridgehead atoms. The molecule has 1 atom stereocenters. The minimum absolute atomic E-state index is 0.0869. The number of sulfonamides is 1. The van der Waals surface area contributed by atoms with Gasteiger partial charge in [0.05, 0.1) is 10.9 Å². The number of nitrogens with zero attached hydrogens (tertiary/aromatic N) is 2. The second-order valence-electron chi connectivity index (χ2n) is 7.82. The van der Waals surface area contributed by atoms with Gasteiger partial charge in [0.1, 0.15) is 13.2 Å². The van der Waals surface area contributed by atoms with E-state index < -0.39 is 10.0 Å². The molecule has 0 N–H and O–H groups in total. The van der Waals surface area contributed by atoms with E-state index >= 15 is 0 Å². The van der Waals surface area contributed by atoms with Gasteiger partial charge in [-0.25, -0.2) is 8.42 Å². The van der Waals surface area contributed by atoms with Crippen LogP contribution in [0, 0.1) is 0 Å². The molecule has 0 aromatic heterocycles. The number of carbonyl (C=O) groups excluding carboxylic acids is 1.